The average molecular weight is 316 g/mol. The predicted molar refractivity (Wildman–Crippen MR) is 75.6 cm³/mol. The molecule has 2 rings (SSSR count). The maximum atomic E-state index is 12.6. The van der Waals surface area contributed by atoms with Crippen molar-refractivity contribution in [1.82, 2.24) is 9.62 Å². The zero-order valence-electron chi connectivity index (χ0n) is 12.4. The van der Waals surface area contributed by atoms with Gasteiger partial charge in [-0.2, -0.15) is 4.31 Å². The summed E-state index contributed by atoms with van der Waals surface area (Å²) in [6.45, 7) is 3.11. The van der Waals surface area contributed by atoms with Crippen LogP contribution in [0.1, 0.15) is 29.0 Å². The van der Waals surface area contributed by atoms with E-state index in [1.165, 1.54) is 24.4 Å². The molecule has 8 heteroatoms. The van der Waals surface area contributed by atoms with Crippen molar-refractivity contribution in [3.8, 4) is 0 Å². The zero-order chi connectivity index (χ0) is 15.6. The second-order valence-corrected chi connectivity index (χ2v) is 6.96. The van der Waals surface area contributed by atoms with E-state index in [0.29, 0.717) is 0 Å². The summed E-state index contributed by atoms with van der Waals surface area (Å²) < 4.78 is 36.3. The smallest absolute Gasteiger partial charge is 0.341 e. The minimum Gasteiger partial charge on any atom is -0.465 e. The van der Waals surface area contributed by atoms with Gasteiger partial charge in [-0.15, -0.1) is 0 Å². The number of nitrogens with zero attached hydrogens (tertiary/aromatic N) is 1. The Morgan fingerprint density at radius 3 is 2.62 bits per heavy atom. The van der Waals surface area contributed by atoms with E-state index >= 15 is 0 Å². The Hall–Kier alpha value is -1.38. The van der Waals surface area contributed by atoms with Crippen LogP contribution in [0.5, 0.6) is 0 Å². The van der Waals surface area contributed by atoms with E-state index < -0.39 is 16.0 Å². The van der Waals surface area contributed by atoms with Crippen molar-refractivity contribution in [2.75, 3.05) is 27.2 Å². The number of sulfonamides is 1. The van der Waals surface area contributed by atoms with Gasteiger partial charge in [0.25, 0.3) is 10.0 Å². The van der Waals surface area contributed by atoms with Gasteiger partial charge in [0, 0.05) is 19.2 Å². The fourth-order valence-electron chi connectivity index (χ4n) is 2.40. The van der Waals surface area contributed by atoms with Crippen molar-refractivity contribution in [3.05, 3.63) is 17.4 Å². The largest absolute Gasteiger partial charge is 0.465 e. The quantitative estimate of drug-likeness (QED) is 0.825. The molecule has 1 aromatic rings. The van der Waals surface area contributed by atoms with Crippen molar-refractivity contribution in [3.63, 3.8) is 0 Å². The number of piperidine rings is 1. The minimum absolute atomic E-state index is 0.0665. The summed E-state index contributed by atoms with van der Waals surface area (Å²) in [5.41, 5.74) is 0.134. The van der Waals surface area contributed by atoms with Crippen LogP contribution in [0.3, 0.4) is 0 Å². The normalized spacial score (nSPS) is 17.1. The summed E-state index contributed by atoms with van der Waals surface area (Å²) in [6, 6.07) is 1.16. The number of methoxy groups -OCH3 is 1. The highest BCUT2D eigenvalue weighted by Gasteiger charge is 2.33. The van der Waals surface area contributed by atoms with E-state index in [4.69, 9.17) is 4.42 Å². The standard InChI is InChI=1S/C13H20N2O5S/c1-9-11(13(16)19-3)8-12(20-9)21(17,18)15(2)10-4-6-14-7-5-10/h8,10,14H,4-7H2,1-3H3. The third kappa shape index (κ3) is 3.12. The fourth-order valence-corrected chi connectivity index (χ4v) is 3.79. The lowest BCUT2D eigenvalue weighted by Crippen LogP contribution is -2.43. The lowest BCUT2D eigenvalue weighted by molar-refractivity contribution is 0.0599. The Morgan fingerprint density at radius 2 is 2.05 bits per heavy atom. The van der Waals surface area contributed by atoms with E-state index in [1.54, 1.807) is 7.05 Å². The Kier molecular flexibility index (Phi) is 4.70. The third-order valence-corrected chi connectivity index (χ3v) is 5.52. The molecule has 0 bridgehead atoms. The molecule has 1 aliphatic heterocycles. The van der Waals surface area contributed by atoms with Crippen LogP contribution in [0.4, 0.5) is 0 Å². The summed E-state index contributed by atoms with van der Waals surface area (Å²) in [5, 5.41) is 2.97. The van der Waals surface area contributed by atoms with Crippen molar-refractivity contribution in [1.29, 1.82) is 0 Å². The Morgan fingerprint density at radius 1 is 1.43 bits per heavy atom. The number of carbonyl (C=O) groups is 1. The van der Waals surface area contributed by atoms with Crippen LogP contribution in [0.25, 0.3) is 0 Å². The van der Waals surface area contributed by atoms with E-state index in [2.05, 4.69) is 10.1 Å². The molecule has 1 saturated heterocycles. The number of carbonyl (C=O) groups excluding carboxylic acids is 1. The highest BCUT2D eigenvalue weighted by Crippen LogP contribution is 2.25. The minimum atomic E-state index is -3.75. The third-order valence-electron chi connectivity index (χ3n) is 3.76. The van der Waals surface area contributed by atoms with E-state index in [-0.39, 0.29) is 22.5 Å². The molecular formula is C13H20N2O5S. The molecule has 0 radical (unpaired) electrons. The van der Waals surface area contributed by atoms with Gasteiger partial charge in [0.15, 0.2) is 0 Å². The van der Waals surface area contributed by atoms with Gasteiger partial charge in [-0.1, -0.05) is 0 Å². The first-order valence-electron chi connectivity index (χ1n) is 6.75. The lowest BCUT2D eigenvalue weighted by Gasteiger charge is -2.30. The molecular weight excluding hydrogens is 296 g/mol. The number of rotatable bonds is 4. The molecule has 7 nitrogen and oxygen atoms in total. The Balaban J connectivity index is 2.28. The first-order chi connectivity index (χ1) is 9.87. The highest BCUT2D eigenvalue weighted by molar-refractivity contribution is 7.89. The van der Waals surface area contributed by atoms with Crippen molar-refractivity contribution >= 4 is 16.0 Å². The molecule has 0 atom stereocenters. The second kappa shape index (κ2) is 6.17. The highest BCUT2D eigenvalue weighted by atomic mass is 32.2. The number of aryl methyl sites for hydroxylation is 1. The second-order valence-electron chi connectivity index (χ2n) is 5.03. The van der Waals surface area contributed by atoms with Crippen molar-refractivity contribution in [2.24, 2.45) is 0 Å². The molecule has 0 aliphatic carbocycles. The summed E-state index contributed by atoms with van der Waals surface area (Å²) in [7, 11) is -0.968. The first-order valence-corrected chi connectivity index (χ1v) is 8.19. The van der Waals surface area contributed by atoms with Crippen LogP contribution < -0.4 is 5.32 Å². The molecule has 0 aromatic carbocycles. The monoisotopic (exact) mass is 316 g/mol. The van der Waals surface area contributed by atoms with Crippen LogP contribution in [0.2, 0.25) is 0 Å². The van der Waals surface area contributed by atoms with Crippen molar-refractivity contribution in [2.45, 2.75) is 30.9 Å². The Labute approximate surface area is 124 Å². The van der Waals surface area contributed by atoms with E-state index in [0.717, 1.165) is 25.9 Å². The molecule has 1 N–H and O–H groups in total. The molecule has 0 unspecified atom stereocenters. The number of nitrogens with one attached hydrogen (secondary N) is 1. The topological polar surface area (TPSA) is 88.9 Å². The van der Waals surface area contributed by atoms with Gasteiger partial charge in [0.05, 0.1) is 7.11 Å². The number of furan rings is 1. The maximum absolute atomic E-state index is 12.6. The van der Waals surface area contributed by atoms with Gasteiger partial charge in [0.1, 0.15) is 11.3 Å². The van der Waals surface area contributed by atoms with Crippen LogP contribution >= 0.6 is 0 Å². The summed E-state index contributed by atoms with van der Waals surface area (Å²) in [4.78, 5) is 11.5. The SMILES string of the molecule is COC(=O)c1cc(S(=O)(=O)N(C)C2CCNCC2)oc1C. The van der Waals surface area contributed by atoms with Crippen LogP contribution in [0, 0.1) is 6.92 Å². The maximum Gasteiger partial charge on any atom is 0.341 e. The van der Waals surface area contributed by atoms with Gasteiger partial charge in [-0.05, 0) is 32.9 Å². The molecule has 21 heavy (non-hydrogen) atoms. The number of hydrogen-bond donors (Lipinski definition) is 1. The molecule has 0 saturated carbocycles. The first kappa shape index (κ1) is 16.0. The fraction of sp³-hybridized carbons (Fsp3) is 0.615. The van der Waals surface area contributed by atoms with Crippen LogP contribution in [0.15, 0.2) is 15.6 Å². The summed E-state index contributed by atoms with van der Waals surface area (Å²) in [5.74, 6) is -0.374. The van der Waals surface area contributed by atoms with E-state index in [9.17, 15) is 13.2 Å². The van der Waals surface area contributed by atoms with Crippen LogP contribution in [-0.2, 0) is 14.8 Å². The Bertz CT molecular complexity index is 617. The van der Waals surface area contributed by atoms with Gasteiger partial charge < -0.3 is 14.5 Å². The van der Waals surface area contributed by atoms with Crippen molar-refractivity contribution < 1.29 is 22.4 Å². The number of ether oxygens (including phenoxy) is 1. The molecule has 1 fully saturated rings. The van der Waals surface area contributed by atoms with E-state index in [1.807, 2.05) is 0 Å². The molecule has 1 aromatic heterocycles. The van der Waals surface area contributed by atoms with Gasteiger partial charge in [-0.25, -0.2) is 13.2 Å². The molecule has 118 valence electrons. The summed E-state index contributed by atoms with van der Waals surface area (Å²) >= 11 is 0. The average Bonchev–Trinajstić information content (AvgIpc) is 2.89. The summed E-state index contributed by atoms with van der Waals surface area (Å²) in [6.07, 6.45) is 1.50. The van der Waals surface area contributed by atoms with Crippen LogP contribution in [-0.4, -0.2) is 52.0 Å². The molecule has 2 heterocycles. The number of hydrogen-bond acceptors (Lipinski definition) is 6. The molecule has 0 amide bonds. The molecule has 0 spiro atoms. The van der Waals surface area contributed by atoms with Gasteiger partial charge in [0.2, 0.25) is 5.09 Å². The zero-order valence-corrected chi connectivity index (χ0v) is 13.2. The predicted octanol–water partition coefficient (Wildman–Crippen LogP) is 0.747. The van der Waals surface area contributed by atoms with Gasteiger partial charge >= 0.3 is 5.97 Å². The molecule has 1 aliphatic rings. The number of esters is 1. The lowest BCUT2D eigenvalue weighted by atomic mass is 10.1. The van der Waals surface area contributed by atoms with Gasteiger partial charge in [-0.3, -0.25) is 0 Å².